The first-order chi connectivity index (χ1) is 10.2. The molecular weight excluding hydrogens is 270 g/mol. The Kier molecular flexibility index (Phi) is 7.71. The Hall–Kier alpha value is -2.24. The lowest BCUT2D eigenvalue weighted by molar-refractivity contribution is -0.140. The fraction of sp³-hybridized carbons (Fsp3) is 0.467. The second-order valence-corrected chi connectivity index (χ2v) is 4.51. The number of hydrogen-bond donors (Lipinski definition) is 2. The monoisotopic (exact) mass is 293 g/mol. The molecule has 0 fully saturated rings. The lowest BCUT2D eigenvalue weighted by Crippen LogP contribution is -2.22. The first kappa shape index (κ1) is 16.8. The van der Waals surface area contributed by atoms with Crippen LogP contribution in [0.15, 0.2) is 29.3 Å². The van der Waals surface area contributed by atoms with E-state index in [0.717, 1.165) is 30.7 Å². The van der Waals surface area contributed by atoms with Crippen molar-refractivity contribution in [3.05, 3.63) is 24.3 Å². The highest BCUT2D eigenvalue weighted by Crippen LogP contribution is 2.14. The van der Waals surface area contributed by atoms with Gasteiger partial charge in [0.2, 0.25) is 0 Å². The van der Waals surface area contributed by atoms with Crippen molar-refractivity contribution >= 4 is 17.6 Å². The number of nitrogens with one attached hydrogen (secondary N) is 1. The molecule has 0 amide bonds. The molecule has 0 aliphatic heterocycles. The van der Waals surface area contributed by atoms with E-state index in [2.05, 4.69) is 15.0 Å². The number of ether oxygens (including phenoxy) is 2. The Morgan fingerprint density at radius 3 is 2.52 bits per heavy atom. The van der Waals surface area contributed by atoms with Gasteiger partial charge in [0.1, 0.15) is 5.75 Å². The van der Waals surface area contributed by atoms with Crippen molar-refractivity contribution in [3.8, 4) is 5.75 Å². The maximum absolute atomic E-state index is 10.9. The van der Waals surface area contributed by atoms with Crippen LogP contribution in [0.3, 0.4) is 0 Å². The molecule has 0 radical (unpaired) electrons. The van der Waals surface area contributed by atoms with E-state index in [1.54, 1.807) is 7.11 Å². The number of rotatable bonds is 8. The van der Waals surface area contributed by atoms with Crippen molar-refractivity contribution in [3.63, 3.8) is 0 Å². The second-order valence-electron chi connectivity index (χ2n) is 4.51. The highest BCUT2D eigenvalue weighted by Gasteiger charge is 1.99. The zero-order valence-corrected chi connectivity index (χ0v) is 12.6. The summed E-state index contributed by atoms with van der Waals surface area (Å²) in [5.74, 6) is 1.01. The van der Waals surface area contributed by atoms with Gasteiger partial charge in [0.25, 0.3) is 0 Å². The number of methoxy groups -OCH3 is 2. The predicted octanol–water partition coefficient (Wildman–Crippen LogP) is 2.16. The summed E-state index contributed by atoms with van der Waals surface area (Å²) in [5, 5.41) is 3.01. The minimum atomic E-state index is -0.167. The SMILES string of the molecule is COC(=O)CCCCCN=C(N)Nc1ccc(OC)cc1. The number of esters is 1. The molecular formula is C15H23N3O3. The van der Waals surface area contributed by atoms with Crippen molar-refractivity contribution in [2.75, 3.05) is 26.1 Å². The van der Waals surface area contributed by atoms with Gasteiger partial charge in [-0.3, -0.25) is 9.79 Å². The molecule has 6 nitrogen and oxygen atoms in total. The third kappa shape index (κ3) is 7.20. The first-order valence-electron chi connectivity index (χ1n) is 6.93. The number of aliphatic imine (C=N–C) groups is 1. The van der Waals surface area contributed by atoms with Crippen LogP contribution in [0.25, 0.3) is 0 Å². The van der Waals surface area contributed by atoms with E-state index in [4.69, 9.17) is 10.5 Å². The lowest BCUT2D eigenvalue weighted by atomic mass is 10.2. The zero-order chi connectivity index (χ0) is 15.5. The summed E-state index contributed by atoms with van der Waals surface area (Å²) in [7, 11) is 3.02. The van der Waals surface area contributed by atoms with Crippen LogP contribution in [0.2, 0.25) is 0 Å². The van der Waals surface area contributed by atoms with Gasteiger partial charge in [-0.15, -0.1) is 0 Å². The summed E-state index contributed by atoms with van der Waals surface area (Å²) < 4.78 is 9.65. The van der Waals surface area contributed by atoms with Crippen molar-refractivity contribution in [2.24, 2.45) is 10.7 Å². The van der Waals surface area contributed by atoms with Crippen LogP contribution in [0, 0.1) is 0 Å². The van der Waals surface area contributed by atoms with Crippen molar-refractivity contribution in [2.45, 2.75) is 25.7 Å². The van der Waals surface area contributed by atoms with E-state index in [-0.39, 0.29) is 5.97 Å². The molecule has 0 atom stereocenters. The van der Waals surface area contributed by atoms with Crippen LogP contribution < -0.4 is 15.8 Å². The van der Waals surface area contributed by atoms with Crippen LogP contribution in [-0.4, -0.2) is 32.7 Å². The van der Waals surface area contributed by atoms with Crippen molar-refractivity contribution < 1.29 is 14.3 Å². The lowest BCUT2D eigenvalue weighted by Gasteiger charge is -2.06. The van der Waals surface area contributed by atoms with Crippen molar-refractivity contribution in [1.82, 2.24) is 0 Å². The first-order valence-corrected chi connectivity index (χ1v) is 6.93. The molecule has 1 rings (SSSR count). The van der Waals surface area contributed by atoms with Crippen LogP contribution in [0.5, 0.6) is 5.75 Å². The standard InChI is InChI=1S/C15H23N3O3/c1-20-13-9-7-12(8-10-13)18-15(16)17-11-5-3-4-6-14(19)21-2/h7-10H,3-6,11H2,1-2H3,(H3,16,17,18). The molecule has 3 N–H and O–H groups in total. The number of nitrogens with zero attached hydrogens (tertiary/aromatic N) is 1. The van der Waals surface area contributed by atoms with E-state index >= 15 is 0 Å². The van der Waals surface area contributed by atoms with Crippen LogP contribution in [-0.2, 0) is 9.53 Å². The number of benzene rings is 1. The van der Waals surface area contributed by atoms with E-state index in [0.29, 0.717) is 18.9 Å². The number of carbonyl (C=O) groups is 1. The molecule has 0 spiro atoms. The Labute approximate surface area is 125 Å². The second kappa shape index (κ2) is 9.63. The van der Waals surface area contributed by atoms with Gasteiger partial charge in [-0.1, -0.05) is 6.42 Å². The van der Waals surface area contributed by atoms with Crippen LogP contribution in [0.1, 0.15) is 25.7 Å². The quantitative estimate of drug-likeness (QED) is 0.332. The third-order valence-electron chi connectivity index (χ3n) is 2.91. The number of guanidine groups is 1. The zero-order valence-electron chi connectivity index (χ0n) is 12.6. The number of nitrogens with two attached hydrogens (primary N) is 1. The molecule has 0 heterocycles. The topological polar surface area (TPSA) is 85.9 Å². The summed E-state index contributed by atoms with van der Waals surface area (Å²) in [4.78, 5) is 15.1. The Morgan fingerprint density at radius 1 is 1.19 bits per heavy atom. The van der Waals surface area contributed by atoms with E-state index in [9.17, 15) is 4.79 Å². The fourth-order valence-corrected chi connectivity index (χ4v) is 1.72. The van der Waals surface area contributed by atoms with Gasteiger partial charge in [-0.05, 0) is 37.1 Å². The minimum absolute atomic E-state index is 0.167. The van der Waals surface area contributed by atoms with Gasteiger partial charge in [0.15, 0.2) is 5.96 Å². The number of unbranched alkanes of at least 4 members (excludes halogenated alkanes) is 2. The molecule has 116 valence electrons. The summed E-state index contributed by atoms with van der Waals surface area (Å²) >= 11 is 0. The molecule has 0 saturated heterocycles. The predicted molar refractivity (Wildman–Crippen MR) is 83.6 cm³/mol. The molecule has 0 aliphatic carbocycles. The smallest absolute Gasteiger partial charge is 0.305 e. The number of carbonyl (C=O) groups excluding carboxylic acids is 1. The van der Waals surface area contributed by atoms with Gasteiger partial charge in [-0.25, -0.2) is 0 Å². The van der Waals surface area contributed by atoms with Crippen LogP contribution in [0.4, 0.5) is 5.69 Å². The summed E-state index contributed by atoms with van der Waals surface area (Å²) in [6.45, 7) is 0.635. The van der Waals surface area contributed by atoms with Crippen molar-refractivity contribution in [1.29, 1.82) is 0 Å². The normalized spacial score (nSPS) is 11.0. The molecule has 6 heteroatoms. The molecule has 0 bridgehead atoms. The average molecular weight is 293 g/mol. The van der Waals surface area contributed by atoms with E-state index < -0.39 is 0 Å². The number of anilines is 1. The molecule has 1 aromatic carbocycles. The maximum atomic E-state index is 10.9. The highest BCUT2D eigenvalue weighted by molar-refractivity contribution is 5.92. The Morgan fingerprint density at radius 2 is 1.90 bits per heavy atom. The summed E-state index contributed by atoms with van der Waals surface area (Å²) in [6.07, 6.45) is 3.09. The maximum Gasteiger partial charge on any atom is 0.305 e. The largest absolute Gasteiger partial charge is 0.497 e. The van der Waals surface area contributed by atoms with Gasteiger partial charge >= 0.3 is 5.97 Å². The Balaban J connectivity index is 2.21. The number of hydrogen-bond acceptors (Lipinski definition) is 4. The molecule has 1 aromatic rings. The van der Waals surface area contributed by atoms with Gasteiger partial charge in [0.05, 0.1) is 14.2 Å². The fourth-order valence-electron chi connectivity index (χ4n) is 1.72. The molecule has 0 unspecified atom stereocenters. The van der Waals surface area contributed by atoms with Gasteiger partial charge < -0.3 is 20.5 Å². The average Bonchev–Trinajstić information content (AvgIpc) is 2.51. The molecule has 0 aromatic heterocycles. The van der Waals surface area contributed by atoms with E-state index in [1.165, 1.54) is 7.11 Å². The molecule has 0 saturated carbocycles. The molecule has 0 aliphatic rings. The highest BCUT2D eigenvalue weighted by atomic mass is 16.5. The van der Waals surface area contributed by atoms with E-state index in [1.807, 2.05) is 24.3 Å². The van der Waals surface area contributed by atoms with Crippen LogP contribution >= 0.6 is 0 Å². The summed E-state index contributed by atoms with van der Waals surface area (Å²) in [5.41, 5.74) is 6.66. The summed E-state index contributed by atoms with van der Waals surface area (Å²) in [6, 6.07) is 7.44. The molecule has 21 heavy (non-hydrogen) atoms. The minimum Gasteiger partial charge on any atom is -0.497 e. The van der Waals surface area contributed by atoms with Gasteiger partial charge in [-0.2, -0.15) is 0 Å². The Bertz CT molecular complexity index is 458. The van der Waals surface area contributed by atoms with Gasteiger partial charge in [0, 0.05) is 18.7 Å². The third-order valence-corrected chi connectivity index (χ3v) is 2.91.